The zero-order valence-electron chi connectivity index (χ0n) is 7.49. The molecule has 0 heterocycles. The van der Waals surface area contributed by atoms with E-state index in [1.165, 1.54) is 12.1 Å². The molecule has 0 bridgehead atoms. The Morgan fingerprint density at radius 3 is 2.60 bits per heavy atom. The number of nitroso groups, excluding NO2 is 1. The fourth-order valence-electron chi connectivity index (χ4n) is 1.78. The largest absolute Gasteiger partial charge is 0.304 e. The van der Waals surface area contributed by atoms with Gasteiger partial charge in [0.25, 0.3) is 0 Å². The molecule has 0 amide bonds. The van der Waals surface area contributed by atoms with Crippen LogP contribution in [0.2, 0.25) is 0 Å². The predicted molar refractivity (Wildman–Crippen MR) is 50.1 cm³/mol. The third-order valence-electron chi connectivity index (χ3n) is 2.45. The Hall–Kier alpha value is -2.11. The van der Waals surface area contributed by atoms with Crippen molar-refractivity contribution in [3.8, 4) is 0 Å². The van der Waals surface area contributed by atoms with Gasteiger partial charge in [-0.15, -0.1) is 4.91 Å². The van der Waals surface area contributed by atoms with Crippen molar-refractivity contribution in [2.75, 3.05) is 0 Å². The van der Waals surface area contributed by atoms with Gasteiger partial charge in [-0.25, -0.2) is 0 Å². The van der Waals surface area contributed by atoms with E-state index in [4.69, 9.17) is 0 Å². The van der Waals surface area contributed by atoms with Crippen molar-refractivity contribution >= 4 is 5.78 Å². The first-order valence-electron chi connectivity index (χ1n) is 4.26. The van der Waals surface area contributed by atoms with Crippen molar-refractivity contribution in [3.05, 3.63) is 50.4 Å². The fraction of sp³-hybridized carbons (Fsp3) is 0.222. The standard InChI is InChI=1S/C9H6N2O4/c12-9-6-4-2-1-3-5(6)7(10-13)8(9)11(14)15/h1-4,7-8H. The number of hydrogen-bond donors (Lipinski definition) is 0. The molecule has 0 aromatic heterocycles. The summed E-state index contributed by atoms with van der Waals surface area (Å²) in [7, 11) is 0. The lowest BCUT2D eigenvalue weighted by molar-refractivity contribution is -0.507. The van der Waals surface area contributed by atoms with Crippen LogP contribution in [-0.4, -0.2) is 16.7 Å². The van der Waals surface area contributed by atoms with E-state index in [1.54, 1.807) is 12.1 Å². The maximum Gasteiger partial charge on any atom is 0.304 e. The molecule has 1 aliphatic carbocycles. The van der Waals surface area contributed by atoms with E-state index in [0.29, 0.717) is 5.56 Å². The normalized spacial score (nSPS) is 23.6. The number of fused-ring (bicyclic) bond motifs is 1. The van der Waals surface area contributed by atoms with Crippen LogP contribution in [-0.2, 0) is 0 Å². The van der Waals surface area contributed by atoms with Crippen LogP contribution in [0.15, 0.2) is 29.4 Å². The number of carbonyl (C=O) groups is 1. The fourth-order valence-corrected chi connectivity index (χ4v) is 1.78. The summed E-state index contributed by atoms with van der Waals surface area (Å²) in [6.45, 7) is 0. The Morgan fingerprint density at radius 1 is 1.33 bits per heavy atom. The number of benzene rings is 1. The summed E-state index contributed by atoms with van der Waals surface area (Å²) in [5.41, 5.74) is 0.572. The van der Waals surface area contributed by atoms with Crippen LogP contribution in [0.1, 0.15) is 22.0 Å². The Labute approximate surface area is 84.0 Å². The number of carbonyl (C=O) groups excluding carboxylic acids is 1. The zero-order chi connectivity index (χ0) is 11.0. The molecule has 0 aliphatic heterocycles. The van der Waals surface area contributed by atoms with E-state index in [9.17, 15) is 19.8 Å². The SMILES string of the molecule is O=NC1c2ccccc2C(=O)C1[N+](=O)[O-]. The van der Waals surface area contributed by atoms with Gasteiger partial charge in [0.2, 0.25) is 5.78 Å². The third-order valence-corrected chi connectivity index (χ3v) is 2.45. The molecule has 1 aromatic rings. The maximum atomic E-state index is 11.6. The van der Waals surface area contributed by atoms with Crippen molar-refractivity contribution in [1.29, 1.82) is 0 Å². The first-order valence-corrected chi connectivity index (χ1v) is 4.26. The molecule has 76 valence electrons. The van der Waals surface area contributed by atoms with Gasteiger partial charge in [0.1, 0.15) is 0 Å². The van der Waals surface area contributed by atoms with Crippen molar-refractivity contribution in [2.45, 2.75) is 12.1 Å². The third kappa shape index (κ3) is 1.22. The molecule has 1 aromatic carbocycles. The summed E-state index contributed by atoms with van der Waals surface area (Å²) in [4.78, 5) is 32.0. The van der Waals surface area contributed by atoms with E-state index in [-0.39, 0.29) is 5.56 Å². The highest BCUT2D eigenvalue weighted by Gasteiger charge is 2.49. The molecule has 6 heteroatoms. The van der Waals surface area contributed by atoms with Gasteiger partial charge in [0.05, 0.1) is 0 Å². The van der Waals surface area contributed by atoms with Gasteiger partial charge in [0, 0.05) is 10.5 Å². The van der Waals surface area contributed by atoms with Crippen LogP contribution in [0, 0.1) is 15.0 Å². The molecule has 2 rings (SSSR count). The number of nitrogens with zero attached hydrogens (tertiary/aromatic N) is 2. The quantitative estimate of drug-likeness (QED) is 0.414. The van der Waals surface area contributed by atoms with E-state index in [0.717, 1.165) is 0 Å². The second-order valence-electron chi connectivity index (χ2n) is 3.23. The van der Waals surface area contributed by atoms with Gasteiger partial charge >= 0.3 is 6.04 Å². The van der Waals surface area contributed by atoms with Crippen molar-refractivity contribution in [2.24, 2.45) is 5.18 Å². The van der Waals surface area contributed by atoms with Crippen molar-refractivity contribution < 1.29 is 9.72 Å². The second-order valence-corrected chi connectivity index (χ2v) is 3.23. The lowest BCUT2D eigenvalue weighted by atomic mass is 10.1. The molecule has 1 aliphatic rings. The molecule has 0 spiro atoms. The van der Waals surface area contributed by atoms with E-state index < -0.39 is 22.8 Å². The minimum atomic E-state index is -1.56. The zero-order valence-corrected chi connectivity index (χ0v) is 7.49. The summed E-state index contributed by atoms with van der Waals surface area (Å²) in [5.74, 6) is -0.639. The van der Waals surface area contributed by atoms with Crippen LogP contribution in [0.5, 0.6) is 0 Å². The summed E-state index contributed by atoms with van der Waals surface area (Å²) in [6, 6.07) is 3.46. The van der Waals surface area contributed by atoms with Crippen LogP contribution >= 0.6 is 0 Å². The average Bonchev–Trinajstić information content (AvgIpc) is 2.52. The predicted octanol–water partition coefficient (Wildman–Crippen LogP) is 1.34. The van der Waals surface area contributed by atoms with Crippen molar-refractivity contribution in [1.82, 2.24) is 0 Å². The topological polar surface area (TPSA) is 89.6 Å². The van der Waals surface area contributed by atoms with E-state index in [1.807, 2.05) is 0 Å². The Morgan fingerprint density at radius 2 is 2.00 bits per heavy atom. The highest BCUT2D eigenvalue weighted by atomic mass is 16.6. The summed E-state index contributed by atoms with van der Waals surface area (Å²) in [5, 5.41) is 13.3. The Kier molecular flexibility index (Phi) is 2.03. The lowest BCUT2D eigenvalue weighted by Gasteiger charge is -2.03. The average molecular weight is 206 g/mol. The van der Waals surface area contributed by atoms with Crippen LogP contribution < -0.4 is 0 Å². The van der Waals surface area contributed by atoms with Gasteiger partial charge in [-0.05, 0) is 5.56 Å². The molecule has 0 radical (unpaired) electrons. The van der Waals surface area contributed by atoms with Crippen LogP contribution in [0.3, 0.4) is 0 Å². The molecule has 6 nitrogen and oxygen atoms in total. The van der Waals surface area contributed by atoms with E-state index in [2.05, 4.69) is 5.18 Å². The van der Waals surface area contributed by atoms with Crippen LogP contribution in [0.4, 0.5) is 0 Å². The molecule has 15 heavy (non-hydrogen) atoms. The summed E-state index contributed by atoms with van der Waals surface area (Å²) >= 11 is 0. The number of rotatable bonds is 2. The molecule has 0 N–H and O–H groups in total. The smallest absolute Gasteiger partial charge is 0.286 e. The van der Waals surface area contributed by atoms with Gasteiger partial charge in [0.15, 0.2) is 6.04 Å². The minimum Gasteiger partial charge on any atom is -0.286 e. The minimum absolute atomic E-state index is 0.226. The second kappa shape index (κ2) is 3.23. The highest BCUT2D eigenvalue weighted by molar-refractivity contribution is 6.04. The molecule has 0 fully saturated rings. The summed E-state index contributed by atoms with van der Waals surface area (Å²) < 4.78 is 0. The first-order chi connectivity index (χ1) is 7.16. The molecule has 2 atom stereocenters. The number of ketones is 1. The van der Waals surface area contributed by atoms with E-state index >= 15 is 0 Å². The molecule has 0 saturated carbocycles. The molecule has 0 saturated heterocycles. The molecule has 2 unspecified atom stereocenters. The van der Waals surface area contributed by atoms with Gasteiger partial charge in [-0.1, -0.05) is 29.4 Å². The number of nitro groups is 1. The molecular weight excluding hydrogens is 200 g/mol. The van der Waals surface area contributed by atoms with Gasteiger partial charge in [-0.3, -0.25) is 14.9 Å². The van der Waals surface area contributed by atoms with Gasteiger partial charge < -0.3 is 0 Å². The summed E-state index contributed by atoms with van der Waals surface area (Å²) in [6.07, 6.45) is 0. The van der Waals surface area contributed by atoms with Gasteiger partial charge in [-0.2, -0.15) is 0 Å². The Bertz CT molecular complexity index is 457. The highest BCUT2D eigenvalue weighted by Crippen LogP contribution is 2.35. The first kappa shape index (κ1) is 9.45. The van der Waals surface area contributed by atoms with Crippen LogP contribution in [0.25, 0.3) is 0 Å². The lowest BCUT2D eigenvalue weighted by Crippen LogP contribution is -2.28. The maximum absolute atomic E-state index is 11.6. The molecular formula is C9H6N2O4. The number of Topliss-reactive ketones (excluding diaryl/α,β-unsaturated/α-hetero) is 1. The monoisotopic (exact) mass is 206 g/mol. The number of hydrogen-bond acceptors (Lipinski definition) is 5. The Balaban J connectivity index is 2.58. The van der Waals surface area contributed by atoms with Crippen molar-refractivity contribution in [3.63, 3.8) is 0 Å².